The number of unbranched alkanes of at least 4 members (excludes halogenated alkanes) is 2. The van der Waals surface area contributed by atoms with Crippen LogP contribution in [0.3, 0.4) is 0 Å². The molecule has 0 aliphatic rings. The van der Waals surface area contributed by atoms with E-state index in [1.807, 2.05) is 13.0 Å². The number of halogens is 3. The molecule has 1 heterocycles. The number of nitrogens with zero attached hydrogens (tertiary/aromatic N) is 2. The Morgan fingerprint density at radius 2 is 1.75 bits per heavy atom. The van der Waals surface area contributed by atoms with Gasteiger partial charge in [-0.1, -0.05) is 19.8 Å². The first-order valence-corrected chi connectivity index (χ1v) is 7.92. The monoisotopic (exact) mass is 338 g/mol. The fourth-order valence-electron chi connectivity index (χ4n) is 2.18. The first-order valence-electron chi connectivity index (χ1n) is 7.92. The van der Waals surface area contributed by atoms with Crippen molar-refractivity contribution in [3.63, 3.8) is 0 Å². The molecule has 0 saturated carbocycles. The Bertz CT molecular complexity index is 654. The summed E-state index contributed by atoms with van der Waals surface area (Å²) in [6.45, 7) is 4.81. The van der Waals surface area contributed by atoms with E-state index >= 15 is 0 Å². The molecular weight excluding hydrogens is 317 g/mol. The van der Waals surface area contributed by atoms with E-state index in [1.54, 1.807) is 0 Å². The molecule has 0 fully saturated rings. The van der Waals surface area contributed by atoms with Gasteiger partial charge >= 0.3 is 6.18 Å². The van der Waals surface area contributed by atoms with Crippen LogP contribution in [0.2, 0.25) is 0 Å². The lowest BCUT2D eigenvalue weighted by Gasteiger charge is -2.11. The third-order valence-electron chi connectivity index (χ3n) is 3.41. The number of aromatic nitrogens is 2. The number of hydrogen-bond acceptors (Lipinski definition) is 4. The van der Waals surface area contributed by atoms with Crippen molar-refractivity contribution in [2.45, 2.75) is 39.3 Å². The maximum atomic E-state index is 12.6. The molecule has 1 aromatic carbocycles. The normalized spacial score (nSPS) is 11.4. The molecule has 24 heavy (non-hydrogen) atoms. The summed E-state index contributed by atoms with van der Waals surface area (Å²) in [4.78, 5) is 8.60. The number of alkyl halides is 3. The van der Waals surface area contributed by atoms with Crippen LogP contribution in [-0.2, 0) is 6.18 Å². The van der Waals surface area contributed by atoms with Crippen molar-refractivity contribution in [2.24, 2.45) is 0 Å². The number of aryl methyl sites for hydroxylation is 1. The zero-order valence-corrected chi connectivity index (χ0v) is 13.7. The summed E-state index contributed by atoms with van der Waals surface area (Å²) in [5.74, 6) is 1.06. The Hall–Kier alpha value is -2.31. The topological polar surface area (TPSA) is 49.8 Å². The van der Waals surface area contributed by atoms with Crippen molar-refractivity contribution < 1.29 is 13.2 Å². The van der Waals surface area contributed by atoms with Gasteiger partial charge < -0.3 is 10.6 Å². The minimum Gasteiger partial charge on any atom is -0.370 e. The zero-order chi connectivity index (χ0) is 17.6. The van der Waals surface area contributed by atoms with Crippen LogP contribution in [0.5, 0.6) is 0 Å². The van der Waals surface area contributed by atoms with Gasteiger partial charge in [-0.3, -0.25) is 0 Å². The maximum Gasteiger partial charge on any atom is 0.416 e. The molecule has 130 valence electrons. The highest BCUT2D eigenvalue weighted by Gasteiger charge is 2.29. The van der Waals surface area contributed by atoms with Crippen LogP contribution in [0, 0.1) is 6.92 Å². The minimum absolute atomic E-state index is 0.354. The molecule has 0 bridgehead atoms. The largest absolute Gasteiger partial charge is 0.416 e. The molecular formula is C17H21F3N4. The van der Waals surface area contributed by atoms with Gasteiger partial charge in [-0.05, 0) is 37.6 Å². The molecule has 0 spiro atoms. The lowest BCUT2D eigenvalue weighted by Crippen LogP contribution is -2.07. The molecule has 0 aliphatic carbocycles. The maximum absolute atomic E-state index is 12.6. The zero-order valence-electron chi connectivity index (χ0n) is 13.7. The van der Waals surface area contributed by atoms with Crippen LogP contribution >= 0.6 is 0 Å². The van der Waals surface area contributed by atoms with E-state index in [2.05, 4.69) is 27.5 Å². The van der Waals surface area contributed by atoms with Gasteiger partial charge in [0.25, 0.3) is 0 Å². The highest BCUT2D eigenvalue weighted by molar-refractivity contribution is 5.55. The summed E-state index contributed by atoms with van der Waals surface area (Å²) in [7, 11) is 0. The van der Waals surface area contributed by atoms with Crippen molar-refractivity contribution in [1.29, 1.82) is 0 Å². The smallest absolute Gasteiger partial charge is 0.370 e. The van der Waals surface area contributed by atoms with Gasteiger partial charge in [0.1, 0.15) is 5.82 Å². The molecule has 0 radical (unpaired) electrons. The number of rotatable bonds is 7. The van der Waals surface area contributed by atoms with Crippen LogP contribution in [0.4, 0.5) is 30.6 Å². The SMILES string of the molecule is CCCCCNc1cc(C)nc(Nc2ccc(C(F)(F)F)cc2)n1. The van der Waals surface area contributed by atoms with Gasteiger partial charge in [-0.2, -0.15) is 18.2 Å². The Labute approximate surface area is 139 Å². The molecule has 2 aromatic rings. The van der Waals surface area contributed by atoms with Gasteiger partial charge in [0, 0.05) is 24.0 Å². The highest BCUT2D eigenvalue weighted by atomic mass is 19.4. The predicted molar refractivity (Wildman–Crippen MR) is 89.5 cm³/mol. The minimum atomic E-state index is -4.34. The summed E-state index contributed by atoms with van der Waals surface area (Å²) in [5.41, 5.74) is 0.597. The second-order valence-corrected chi connectivity index (χ2v) is 5.55. The Morgan fingerprint density at radius 3 is 2.38 bits per heavy atom. The second kappa shape index (κ2) is 7.99. The van der Waals surface area contributed by atoms with Crippen LogP contribution in [-0.4, -0.2) is 16.5 Å². The Kier molecular flexibility index (Phi) is 6.00. The van der Waals surface area contributed by atoms with Crippen LogP contribution in [0.15, 0.2) is 30.3 Å². The van der Waals surface area contributed by atoms with Crippen LogP contribution in [0.1, 0.15) is 37.4 Å². The van der Waals surface area contributed by atoms with E-state index in [9.17, 15) is 13.2 Å². The number of nitrogens with one attached hydrogen (secondary N) is 2. The Balaban J connectivity index is 2.05. The first-order chi connectivity index (χ1) is 11.4. The van der Waals surface area contributed by atoms with Crippen molar-refractivity contribution in [1.82, 2.24) is 9.97 Å². The van der Waals surface area contributed by atoms with Crippen molar-refractivity contribution in [3.05, 3.63) is 41.6 Å². The number of hydrogen-bond donors (Lipinski definition) is 2. The average Bonchev–Trinajstić information content (AvgIpc) is 2.51. The van der Waals surface area contributed by atoms with Crippen LogP contribution < -0.4 is 10.6 Å². The molecule has 0 amide bonds. The fraction of sp³-hybridized carbons (Fsp3) is 0.412. The lowest BCUT2D eigenvalue weighted by atomic mass is 10.2. The molecule has 1 aromatic heterocycles. The fourth-order valence-corrected chi connectivity index (χ4v) is 2.18. The van der Waals surface area contributed by atoms with E-state index in [1.165, 1.54) is 12.1 Å². The molecule has 7 heteroatoms. The van der Waals surface area contributed by atoms with Crippen molar-refractivity contribution >= 4 is 17.5 Å². The summed E-state index contributed by atoms with van der Waals surface area (Å²) < 4.78 is 37.7. The molecule has 2 N–H and O–H groups in total. The molecule has 0 aliphatic heterocycles. The number of anilines is 3. The third-order valence-corrected chi connectivity index (χ3v) is 3.41. The molecule has 0 atom stereocenters. The molecule has 0 unspecified atom stereocenters. The van der Waals surface area contributed by atoms with E-state index in [-0.39, 0.29) is 0 Å². The predicted octanol–water partition coefficient (Wildman–Crippen LogP) is 5.15. The Morgan fingerprint density at radius 1 is 1.04 bits per heavy atom. The second-order valence-electron chi connectivity index (χ2n) is 5.55. The molecule has 0 saturated heterocycles. The van der Waals surface area contributed by atoms with Gasteiger partial charge in [-0.25, -0.2) is 4.98 Å². The van der Waals surface area contributed by atoms with E-state index in [0.29, 0.717) is 17.5 Å². The van der Waals surface area contributed by atoms with Gasteiger partial charge in [-0.15, -0.1) is 0 Å². The third kappa shape index (κ3) is 5.40. The first kappa shape index (κ1) is 18.0. The number of benzene rings is 1. The summed E-state index contributed by atoms with van der Waals surface area (Å²) in [6, 6.07) is 6.62. The standard InChI is InChI=1S/C17H21F3N4/c1-3-4-5-10-21-15-11-12(2)22-16(24-15)23-14-8-6-13(7-9-14)17(18,19)20/h6-9,11H,3-5,10H2,1-2H3,(H2,21,22,23,24). The summed E-state index contributed by atoms with van der Waals surface area (Å²) >= 11 is 0. The summed E-state index contributed by atoms with van der Waals surface area (Å²) in [5, 5.41) is 6.17. The lowest BCUT2D eigenvalue weighted by molar-refractivity contribution is -0.137. The van der Waals surface area contributed by atoms with E-state index < -0.39 is 11.7 Å². The quantitative estimate of drug-likeness (QED) is 0.686. The van der Waals surface area contributed by atoms with Crippen LogP contribution in [0.25, 0.3) is 0 Å². The van der Waals surface area contributed by atoms with Gasteiger partial charge in [0.05, 0.1) is 5.56 Å². The van der Waals surface area contributed by atoms with Crippen molar-refractivity contribution in [3.8, 4) is 0 Å². The van der Waals surface area contributed by atoms with E-state index in [0.717, 1.165) is 43.6 Å². The van der Waals surface area contributed by atoms with Crippen molar-refractivity contribution in [2.75, 3.05) is 17.2 Å². The highest BCUT2D eigenvalue weighted by Crippen LogP contribution is 2.30. The summed E-state index contributed by atoms with van der Waals surface area (Å²) in [6.07, 6.45) is -0.992. The molecule has 2 rings (SSSR count). The van der Waals surface area contributed by atoms with Gasteiger partial charge in [0.15, 0.2) is 0 Å². The average molecular weight is 338 g/mol. The molecule has 4 nitrogen and oxygen atoms in total. The van der Waals surface area contributed by atoms with E-state index in [4.69, 9.17) is 0 Å². The van der Waals surface area contributed by atoms with Gasteiger partial charge in [0.2, 0.25) is 5.95 Å².